The largest absolute Gasteiger partial charge is 0.573 e. The van der Waals surface area contributed by atoms with Gasteiger partial charge in [0.15, 0.2) is 5.75 Å². The number of alkyl halides is 3. The highest BCUT2D eigenvalue weighted by molar-refractivity contribution is 5.64. The molecule has 0 bridgehead atoms. The Morgan fingerprint density at radius 3 is 2.38 bits per heavy atom. The summed E-state index contributed by atoms with van der Waals surface area (Å²) in [5.41, 5.74) is 7.47. The Morgan fingerprint density at radius 1 is 1.24 bits per heavy atom. The molecule has 0 saturated heterocycles. The number of hydrogen-bond acceptors (Lipinski definition) is 3. The molecule has 0 aliphatic rings. The maximum Gasteiger partial charge on any atom is 0.573 e. The van der Waals surface area contributed by atoms with Crippen molar-refractivity contribution in [2.75, 3.05) is 5.73 Å². The lowest BCUT2D eigenvalue weighted by Crippen LogP contribution is -2.18. The van der Waals surface area contributed by atoms with Crippen LogP contribution >= 0.6 is 0 Å². The van der Waals surface area contributed by atoms with Crippen LogP contribution in [0.5, 0.6) is 5.75 Å². The van der Waals surface area contributed by atoms with Crippen molar-refractivity contribution in [3.05, 3.63) is 41.1 Å². The van der Waals surface area contributed by atoms with E-state index in [0.717, 1.165) is 0 Å². The van der Waals surface area contributed by atoms with Crippen LogP contribution in [0.2, 0.25) is 0 Å². The van der Waals surface area contributed by atoms with E-state index < -0.39 is 6.36 Å². The first-order valence-corrected chi connectivity index (χ1v) is 5.99. The van der Waals surface area contributed by atoms with Crippen LogP contribution in [0.25, 0.3) is 5.69 Å². The Bertz CT molecular complexity index is 726. The van der Waals surface area contributed by atoms with Gasteiger partial charge in [-0.25, -0.2) is 0 Å². The molecule has 0 spiro atoms. The van der Waals surface area contributed by atoms with Gasteiger partial charge in [-0.3, -0.25) is 4.57 Å². The molecule has 0 fully saturated rings. The van der Waals surface area contributed by atoms with Gasteiger partial charge in [-0.1, -0.05) is 12.1 Å². The molecule has 2 N–H and O–H groups in total. The Balaban J connectivity index is 2.67. The Morgan fingerprint density at radius 2 is 1.86 bits per heavy atom. The number of nitrogen functional groups attached to an aromatic ring is 1. The zero-order valence-corrected chi connectivity index (χ0v) is 11.3. The molecule has 0 amide bonds. The molecule has 0 unspecified atom stereocenters. The molecular formula is C14H12F3N3O. The maximum absolute atomic E-state index is 12.5. The van der Waals surface area contributed by atoms with Crippen LogP contribution in [-0.4, -0.2) is 10.9 Å². The maximum atomic E-state index is 12.5. The summed E-state index contributed by atoms with van der Waals surface area (Å²) < 4.78 is 42.8. The molecule has 0 saturated carbocycles. The number of halogens is 3. The molecule has 1 heterocycles. The van der Waals surface area contributed by atoms with Crippen LogP contribution < -0.4 is 10.5 Å². The summed E-state index contributed by atoms with van der Waals surface area (Å²) in [7, 11) is 0. The zero-order valence-electron chi connectivity index (χ0n) is 11.3. The minimum atomic E-state index is -4.81. The number of para-hydroxylation sites is 2. The van der Waals surface area contributed by atoms with Gasteiger partial charge in [0.05, 0.1) is 11.3 Å². The van der Waals surface area contributed by atoms with Crippen molar-refractivity contribution in [1.29, 1.82) is 5.26 Å². The monoisotopic (exact) mass is 295 g/mol. The van der Waals surface area contributed by atoms with E-state index in [1.807, 2.05) is 6.07 Å². The van der Waals surface area contributed by atoms with E-state index in [0.29, 0.717) is 11.3 Å². The number of benzene rings is 1. The van der Waals surface area contributed by atoms with Crippen molar-refractivity contribution in [3.63, 3.8) is 0 Å². The second-order valence-electron chi connectivity index (χ2n) is 4.43. The standard InChI is InChI=1S/C14H12F3N3O/c1-8-9(2)20(13(19)10(8)7-18)11-5-3-4-6-12(11)21-14(15,16)17/h3-6H,19H2,1-2H3. The first kappa shape index (κ1) is 14.8. The van der Waals surface area contributed by atoms with Crippen molar-refractivity contribution in [3.8, 4) is 17.5 Å². The third-order valence-corrected chi connectivity index (χ3v) is 3.19. The fourth-order valence-corrected chi connectivity index (χ4v) is 2.14. The number of nitrogens with zero attached hydrogens (tertiary/aromatic N) is 2. The van der Waals surface area contributed by atoms with Crippen LogP contribution in [0.15, 0.2) is 24.3 Å². The zero-order chi connectivity index (χ0) is 15.8. The topological polar surface area (TPSA) is 64.0 Å². The summed E-state index contributed by atoms with van der Waals surface area (Å²) in [5, 5.41) is 9.09. The molecule has 0 radical (unpaired) electrons. The molecule has 1 aromatic carbocycles. The third-order valence-electron chi connectivity index (χ3n) is 3.19. The van der Waals surface area contributed by atoms with Crippen LogP contribution in [0.1, 0.15) is 16.8 Å². The predicted molar refractivity (Wildman–Crippen MR) is 71.1 cm³/mol. The highest BCUT2D eigenvalue weighted by Gasteiger charge is 2.32. The molecule has 1 aromatic heterocycles. The van der Waals surface area contributed by atoms with E-state index in [1.165, 1.54) is 22.8 Å². The van der Waals surface area contributed by atoms with Gasteiger partial charge in [-0.15, -0.1) is 13.2 Å². The number of anilines is 1. The van der Waals surface area contributed by atoms with Crippen LogP contribution in [-0.2, 0) is 0 Å². The minimum absolute atomic E-state index is 0.0886. The summed E-state index contributed by atoms with van der Waals surface area (Å²) in [4.78, 5) is 0. The quantitative estimate of drug-likeness (QED) is 0.923. The van der Waals surface area contributed by atoms with Gasteiger partial charge >= 0.3 is 6.36 Å². The van der Waals surface area contributed by atoms with Crippen molar-refractivity contribution in [2.45, 2.75) is 20.2 Å². The molecule has 2 rings (SSSR count). The van der Waals surface area contributed by atoms with E-state index in [2.05, 4.69) is 4.74 Å². The predicted octanol–water partition coefficient (Wildman–Crippen LogP) is 3.45. The number of rotatable bonds is 2. The number of hydrogen-bond donors (Lipinski definition) is 1. The van der Waals surface area contributed by atoms with Crippen LogP contribution in [0, 0.1) is 25.2 Å². The van der Waals surface area contributed by atoms with E-state index in [4.69, 9.17) is 11.0 Å². The average molecular weight is 295 g/mol. The van der Waals surface area contributed by atoms with Crippen molar-refractivity contribution >= 4 is 5.82 Å². The molecule has 110 valence electrons. The second kappa shape index (κ2) is 5.05. The molecule has 21 heavy (non-hydrogen) atoms. The Hall–Kier alpha value is -2.62. The Labute approximate surface area is 119 Å². The summed E-state index contributed by atoms with van der Waals surface area (Å²) in [6.07, 6.45) is -4.81. The third kappa shape index (κ3) is 2.65. The van der Waals surface area contributed by atoms with Gasteiger partial charge in [-0.2, -0.15) is 5.26 Å². The average Bonchev–Trinajstić information content (AvgIpc) is 2.60. The first-order chi connectivity index (χ1) is 9.76. The SMILES string of the molecule is Cc1c(C#N)c(N)n(-c2ccccc2OC(F)(F)F)c1C. The summed E-state index contributed by atoms with van der Waals surface area (Å²) in [5.74, 6) is -0.287. The number of aromatic nitrogens is 1. The fraction of sp³-hybridized carbons (Fsp3) is 0.214. The number of ether oxygens (including phenoxy) is 1. The smallest absolute Gasteiger partial charge is 0.404 e. The molecule has 7 heteroatoms. The number of nitrogens with two attached hydrogens (primary N) is 1. The van der Waals surface area contributed by atoms with Gasteiger partial charge in [0.25, 0.3) is 0 Å². The highest BCUT2D eigenvalue weighted by atomic mass is 19.4. The van der Waals surface area contributed by atoms with E-state index in [9.17, 15) is 13.2 Å². The van der Waals surface area contributed by atoms with Crippen molar-refractivity contribution in [1.82, 2.24) is 4.57 Å². The number of nitriles is 1. The first-order valence-electron chi connectivity index (χ1n) is 5.99. The Kier molecular flexibility index (Phi) is 3.56. The van der Waals surface area contributed by atoms with Gasteiger partial charge in [-0.05, 0) is 31.5 Å². The molecule has 0 aliphatic carbocycles. The van der Waals surface area contributed by atoms with Crippen LogP contribution in [0.4, 0.5) is 19.0 Å². The summed E-state index contributed by atoms with van der Waals surface area (Å²) >= 11 is 0. The van der Waals surface area contributed by atoms with E-state index in [-0.39, 0.29) is 22.8 Å². The van der Waals surface area contributed by atoms with Crippen molar-refractivity contribution < 1.29 is 17.9 Å². The molecule has 4 nitrogen and oxygen atoms in total. The molecule has 0 atom stereocenters. The minimum Gasteiger partial charge on any atom is -0.404 e. The molecule has 0 aliphatic heterocycles. The lowest BCUT2D eigenvalue weighted by atomic mass is 10.2. The molecule has 2 aromatic rings. The fourth-order valence-electron chi connectivity index (χ4n) is 2.14. The van der Waals surface area contributed by atoms with Crippen molar-refractivity contribution in [2.24, 2.45) is 0 Å². The normalized spacial score (nSPS) is 11.2. The van der Waals surface area contributed by atoms with Gasteiger partial charge in [0, 0.05) is 5.69 Å². The summed E-state index contributed by atoms with van der Waals surface area (Å²) in [6, 6.07) is 7.60. The lowest BCUT2D eigenvalue weighted by molar-refractivity contribution is -0.274. The second-order valence-corrected chi connectivity index (χ2v) is 4.43. The lowest BCUT2D eigenvalue weighted by Gasteiger charge is -2.16. The van der Waals surface area contributed by atoms with Gasteiger partial charge in [0.1, 0.15) is 11.9 Å². The van der Waals surface area contributed by atoms with E-state index >= 15 is 0 Å². The van der Waals surface area contributed by atoms with Gasteiger partial charge < -0.3 is 10.5 Å². The van der Waals surface area contributed by atoms with E-state index in [1.54, 1.807) is 19.9 Å². The van der Waals surface area contributed by atoms with Crippen LogP contribution in [0.3, 0.4) is 0 Å². The highest BCUT2D eigenvalue weighted by Crippen LogP contribution is 2.34. The van der Waals surface area contributed by atoms with Gasteiger partial charge in [0.2, 0.25) is 0 Å². The summed E-state index contributed by atoms with van der Waals surface area (Å²) in [6.45, 7) is 3.37. The molecular weight excluding hydrogens is 283 g/mol.